The topological polar surface area (TPSA) is 70.7 Å². The minimum atomic E-state index is -0.234. The zero-order chi connectivity index (χ0) is 20.1. The molecule has 3 aromatic carbocycles. The number of urea groups is 1. The summed E-state index contributed by atoms with van der Waals surface area (Å²) in [5.41, 5.74) is 2.21. The maximum Gasteiger partial charge on any atom is 0.321 e. The summed E-state index contributed by atoms with van der Waals surface area (Å²) >= 11 is 0. The maximum atomic E-state index is 12.6. The van der Waals surface area contributed by atoms with Crippen molar-refractivity contribution in [1.29, 1.82) is 0 Å². The number of benzene rings is 3. The van der Waals surface area contributed by atoms with E-state index in [4.69, 9.17) is 4.74 Å². The van der Waals surface area contributed by atoms with Gasteiger partial charge in [-0.15, -0.1) is 0 Å². The second-order valence-corrected chi connectivity index (χ2v) is 6.52. The van der Waals surface area contributed by atoms with Gasteiger partial charge in [0.15, 0.2) is 0 Å². The fraction of sp³-hybridized carbons (Fsp3) is 0.182. The van der Waals surface area contributed by atoms with Crippen LogP contribution in [0, 0.1) is 0 Å². The Morgan fingerprint density at radius 2 is 1.75 bits per heavy atom. The molecule has 6 nitrogen and oxygen atoms in total. The SMILES string of the molecule is COc1cc(NC(=O)N(C)Cc2cccc3ccccc23)ccc1NC(C)=O. The average molecular weight is 377 g/mol. The van der Waals surface area contributed by atoms with Crippen molar-refractivity contribution in [3.8, 4) is 5.75 Å². The number of amides is 3. The van der Waals surface area contributed by atoms with E-state index in [0.717, 1.165) is 16.3 Å². The highest BCUT2D eigenvalue weighted by molar-refractivity contribution is 5.93. The van der Waals surface area contributed by atoms with Crippen molar-refractivity contribution in [3.05, 3.63) is 66.2 Å². The molecular weight excluding hydrogens is 354 g/mol. The molecule has 0 aliphatic heterocycles. The molecule has 0 fully saturated rings. The Morgan fingerprint density at radius 1 is 1.00 bits per heavy atom. The van der Waals surface area contributed by atoms with Crippen LogP contribution < -0.4 is 15.4 Å². The Labute approximate surface area is 164 Å². The van der Waals surface area contributed by atoms with Gasteiger partial charge in [-0.3, -0.25) is 4.79 Å². The Morgan fingerprint density at radius 3 is 2.50 bits per heavy atom. The summed E-state index contributed by atoms with van der Waals surface area (Å²) in [7, 11) is 3.26. The molecule has 0 aromatic heterocycles. The van der Waals surface area contributed by atoms with Gasteiger partial charge in [0.25, 0.3) is 0 Å². The molecular formula is C22H23N3O3. The number of carbonyl (C=O) groups excluding carboxylic acids is 2. The van der Waals surface area contributed by atoms with Gasteiger partial charge in [-0.25, -0.2) is 4.79 Å². The number of hydrogen-bond acceptors (Lipinski definition) is 3. The number of rotatable bonds is 5. The van der Waals surface area contributed by atoms with Crippen molar-refractivity contribution in [2.45, 2.75) is 13.5 Å². The van der Waals surface area contributed by atoms with Gasteiger partial charge in [0.2, 0.25) is 5.91 Å². The van der Waals surface area contributed by atoms with Crippen LogP contribution in [0.2, 0.25) is 0 Å². The van der Waals surface area contributed by atoms with E-state index in [0.29, 0.717) is 23.7 Å². The Bertz CT molecular complexity index is 1010. The molecule has 144 valence electrons. The summed E-state index contributed by atoms with van der Waals surface area (Å²) in [6, 6.07) is 19.0. The maximum absolute atomic E-state index is 12.6. The molecule has 0 bridgehead atoms. The van der Waals surface area contributed by atoms with Gasteiger partial charge in [-0.05, 0) is 28.5 Å². The van der Waals surface area contributed by atoms with E-state index in [1.165, 1.54) is 14.0 Å². The van der Waals surface area contributed by atoms with Crippen LogP contribution in [0.1, 0.15) is 12.5 Å². The fourth-order valence-electron chi connectivity index (χ4n) is 3.04. The van der Waals surface area contributed by atoms with Crippen LogP contribution in [0.4, 0.5) is 16.2 Å². The number of nitrogens with zero attached hydrogens (tertiary/aromatic N) is 1. The molecule has 0 radical (unpaired) electrons. The lowest BCUT2D eigenvalue weighted by Crippen LogP contribution is -2.30. The predicted molar refractivity (Wildman–Crippen MR) is 112 cm³/mol. The van der Waals surface area contributed by atoms with Crippen molar-refractivity contribution in [3.63, 3.8) is 0 Å². The lowest BCUT2D eigenvalue weighted by molar-refractivity contribution is -0.114. The van der Waals surface area contributed by atoms with Crippen LogP contribution in [0.15, 0.2) is 60.7 Å². The molecule has 0 saturated carbocycles. The van der Waals surface area contributed by atoms with Crippen molar-refractivity contribution < 1.29 is 14.3 Å². The molecule has 0 aliphatic rings. The van der Waals surface area contributed by atoms with Crippen molar-refractivity contribution >= 4 is 34.1 Å². The quantitative estimate of drug-likeness (QED) is 0.689. The second kappa shape index (κ2) is 8.43. The van der Waals surface area contributed by atoms with Crippen molar-refractivity contribution in [1.82, 2.24) is 4.90 Å². The van der Waals surface area contributed by atoms with E-state index in [1.807, 2.05) is 24.3 Å². The van der Waals surface area contributed by atoms with Crippen molar-refractivity contribution in [2.24, 2.45) is 0 Å². The summed E-state index contributed by atoms with van der Waals surface area (Å²) < 4.78 is 5.29. The first kappa shape index (κ1) is 19.2. The van der Waals surface area contributed by atoms with E-state index in [1.54, 1.807) is 30.1 Å². The van der Waals surface area contributed by atoms with Gasteiger partial charge in [-0.2, -0.15) is 0 Å². The summed E-state index contributed by atoms with van der Waals surface area (Å²) in [4.78, 5) is 25.5. The van der Waals surface area contributed by atoms with Gasteiger partial charge in [0.1, 0.15) is 5.75 Å². The number of hydrogen-bond donors (Lipinski definition) is 2. The zero-order valence-electron chi connectivity index (χ0n) is 16.2. The van der Waals surface area contributed by atoms with E-state index in [9.17, 15) is 9.59 Å². The number of fused-ring (bicyclic) bond motifs is 1. The van der Waals surface area contributed by atoms with Gasteiger partial charge in [0, 0.05) is 32.3 Å². The van der Waals surface area contributed by atoms with Gasteiger partial charge < -0.3 is 20.3 Å². The highest BCUT2D eigenvalue weighted by Gasteiger charge is 2.13. The average Bonchev–Trinajstić information content (AvgIpc) is 2.69. The molecule has 3 aromatic rings. The van der Waals surface area contributed by atoms with E-state index >= 15 is 0 Å². The normalized spacial score (nSPS) is 10.4. The summed E-state index contributed by atoms with van der Waals surface area (Å²) in [5, 5.41) is 7.83. The fourth-order valence-corrected chi connectivity index (χ4v) is 3.04. The number of ether oxygens (including phenoxy) is 1. The molecule has 6 heteroatoms. The summed E-state index contributed by atoms with van der Waals surface area (Å²) in [6.07, 6.45) is 0. The van der Waals surface area contributed by atoms with Crippen LogP contribution >= 0.6 is 0 Å². The minimum Gasteiger partial charge on any atom is -0.494 e. The Hall–Kier alpha value is -3.54. The third kappa shape index (κ3) is 4.40. The van der Waals surface area contributed by atoms with Crippen LogP contribution in [0.25, 0.3) is 10.8 Å². The monoisotopic (exact) mass is 377 g/mol. The summed E-state index contributed by atoms with van der Waals surface area (Å²) in [5.74, 6) is 0.287. The van der Waals surface area contributed by atoms with Crippen molar-refractivity contribution in [2.75, 3.05) is 24.8 Å². The molecule has 0 unspecified atom stereocenters. The third-order valence-corrected chi connectivity index (χ3v) is 4.40. The second-order valence-electron chi connectivity index (χ2n) is 6.52. The van der Waals surface area contributed by atoms with Gasteiger partial charge in [0.05, 0.1) is 12.8 Å². The number of nitrogens with one attached hydrogen (secondary N) is 2. The lowest BCUT2D eigenvalue weighted by atomic mass is 10.0. The standard InChI is InChI=1S/C22H23N3O3/c1-15(26)23-20-12-11-18(13-21(20)28-3)24-22(27)25(2)14-17-9-6-8-16-7-4-5-10-19(16)17/h4-13H,14H2,1-3H3,(H,23,26)(H,24,27). The molecule has 3 amide bonds. The largest absolute Gasteiger partial charge is 0.494 e. The van der Waals surface area contributed by atoms with Crippen LogP contribution in [0.3, 0.4) is 0 Å². The highest BCUT2D eigenvalue weighted by atomic mass is 16.5. The van der Waals surface area contributed by atoms with Gasteiger partial charge >= 0.3 is 6.03 Å². The highest BCUT2D eigenvalue weighted by Crippen LogP contribution is 2.28. The molecule has 0 aliphatic carbocycles. The molecule has 2 N–H and O–H groups in total. The van der Waals surface area contributed by atoms with E-state index in [2.05, 4.69) is 28.8 Å². The first-order chi connectivity index (χ1) is 13.5. The molecule has 3 rings (SSSR count). The molecule has 28 heavy (non-hydrogen) atoms. The Kier molecular flexibility index (Phi) is 5.79. The van der Waals surface area contributed by atoms with Gasteiger partial charge in [-0.1, -0.05) is 42.5 Å². The zero-order valence-corrected chi connectivity index (χ0v) is 16.2. The smallest absolute Gasteiger partial charge is 0.321 e. The first-order valence-corrected chi connectivity index (χ1v) is 8.92. The molecule has 0 atom stereocenters. The van der Waals surface area contributed by atoms with Crippen LogP contribution in [0.5, 0.6) is 5.75 Å². The Balaban J connectivity index is 1.72. The first-order valence-electron chi connectivity index (χ1n) is 8.92. The predicted octanol–water partition coefficient (Wildman–Crippen LogP) is 4.47. The van der Waals surface area contributed by atoms with Crippen LogP contribution in [-0.2, 0) is 11.3 Å². The number of carbonyl (C=O) groups is 2. The van der Waals surface area contributed by atoms with E-state index < -0.39 is 0 Å². The number of methoxy groups -OCH3 is 1. The molecule has 0 saturated heterocycles. The van der Waals surface area contributed by atoms with E-state index in [-0.39, 0.29) is 11.9 Å². The summed E-state index contributed by atoms with van der Waals surface area (Å²) in [6.45, 7) is 1.91. The number of anilines is 2. The third-order valence-electron chi connectivity index (χ3n) is 4.40. The lowest BCUT2D eigenvalue weighted by Gasteiger charge is -2.20. The van der Waals surface area contributed by atoms with Crippen LogP contribution in [-0.4, -0.2) is 31.0 Å². The molecule has 0 spiro atoms. The molecule has 0 heterocycles. The minimum absolute atomic E-state index is 0.190.